The molecule has 1 saturated carbocycles. The van der Waals surface area contributed by atoms with Crippen LogP contribution in [0.5, 0.6) is 0 Å². The largest absolute Gasteiger partial charge is 0.299 e. The topological polar surface area (TPSA) is 17.1 Å². The summed E-state index contributed by atoms with van der Waals surface area (Å²) in [6.45, 7) is 6.66. The Morgan fingerprint density at radius 2 is 2.17 bits per heavy atom. The fourth-order valence-electron chi connectivity index (χ4n) is 1.67. The summed E-state index contributed by atoms with van der Waals surface area (Å²) in [6, 6.07) is 0. The third-order valence-electron chi connectivity index (χ3n) is 2.96. The summed E-state index contributed by atoms with van der Waals surface area (Å²) in [6.07, 6.45) is 6.26. The zero-order chi connectivity index (χ0) is 9.19. The molecule has 1 atom stereocenters. The van der Waals surface area contributed by atoms with Crippen LogP contribution in [0.4, 0.5) is 0 Å². The van der Waals surface area contributed by atoms with E-state index < -0.39 is 0 Å². The van der Waals surface area contributed by atoms with E-state index in [-0.39, 0.29) is 0 Å². The Hall–Kier alpha value is -0.590. The zero-order valence-electron chi connectivity index (χ0n) is 8.26. The molecule has 0 bridgehead atoms. The average molecular weight is 166 g/mol. The summed E-state index contributed by atoms with van der Waals surface area (Å²) in [7, 11) is 0. The number of aldehydes is 1. The molecule has 1 aliphatic rings. The Morgan fingerprint density at radius 3 is 2.58 bits per heavy atom. The van der Waals surface area contributed by atoms with Crippen LogP contribution in [0, 0.1) is 11.3 Å². The summed E-state index contributed by atoms with van der Waals surface area (Å²) in [5, 5.41) is 0. The molecule has 0 aromatic heterocycles. The molecule has 1 nitrogen and oxygen atoms in total. The molecule has 0 aromatic carbocycles. The first-order valence-corrected chi connectivity index (χ1v) is 4.67. The Kier molecular flexibility index (Phi) is 2.71. The van der Waals surface area contributed by atoms with Crippen molar-refractivity contribution in [3.8, 4) is 0 Å². The van der Waals surface area contributed by atoms with Crippen LogP contribution in [0.15, 0.2) is 11.6 Å². The third-order valence-corrected chi connectivity index (χ3v) is 2.96. The van der Waals surface area contributed by atoms with Gasteiger partial charge in [-0.25, -0.2) is 0 Å². The summed E-state index contributed by atoms with van der Waals surface area (Å²) in [5.74, 6) is 0.896. The summed E-state index contributed by atoms with van der Waals surface area (Å²) in [4.78, 5) is 10.1. The maximum atomic E-state index is 10.1. The number of carbonyl (C=O) groups is 1. The molecular weight excluding hydrogens is 148 g/mol. The van der Waals surface area contributed by atoms with Crippen molar-refractivity contribution in [2.45, 2.75) is 40.0 Å². The van der Waals surface area contributed by atoms with Crippen molar-refractivity contribution < 1.29 is 4.79 Å². The Bertz CT molecular complexity index is 201. The molecule has 0 radical (unpaired) electrons. The smallest absolute Gasteiger partial charge is 0.142 e. The molecule has 0 aromatic rings. The van der Waals surface area contributed by atoms with Crippen LogP contribution < -0.4 is 0 Å². The highest BCUT2D eigenvalue weighted by Gasteiger charge is 2.44. The van der Waals surface area contributed by atoms with Crippen molar-refractivity contribution >= 4 is 6.29 Å². The van der Waals surface area contributed by atoms with Crippen molar-refractivity contribution in [3.63, 3.8) is 0 Å². The van der Waals surface area contributed by atoms with Crippen molar-refractivity contribution in [1.29, 1.82) is 0 Å². The normalized spacial score (nSPS) is 26.9. The number of allylic oxidation sites excluding steroid dienone is 2. The molecule has 0 saturated heterocycles. The molecule has 1 rings (SSSR count). The van der Waals surface area contributed by atoms with E-state index >= 15 is 0 Å². The Labute approximate surface area is 74.9 Å². The van der Waals surface area contributed by atoms with Gasteiger partial charge in [-0.15, -0.1) is 0 Å². The van der Waals surface area contributed by atoms with Gasteiger partial charge in [0.15, 0.2) is 0 Å². The number of hydrogen-bond donors (Lipinski definition) is 0. The van der Waals surface area contributed by atoms with Crippen LogP contribution >= 0.6 is 0 Å². The van der Waals surface area contributed by atoms with Crippen molar-refractivity contribution in [3.05, 3.63) is 11.6 Å². The van der Waals surface area contributed by atoms with Gasteiger partial charge < -0.3 is 0 Å². The van der Waals surface area contributed by atoms with Gasteiger partial charge in [-0.3, -0.25) is 4.79 Å². The second kappa shape index (κ2) is 3.42. The van der Waals surface area contributed by atoms with E-state index in [1.165, 1.54) is 18.4 Å². The van der Waals surface area contributed by atoms with Crippen LogP contribution in [0.25, 0.3) is 0 Å². The molecule has 68 valence electrons. The maximum absolute atomic E-state index is 10.1. The zero-order valence-corrected chi connectivity index (χ0v) is 8.26. The fourth-order valence-corrected chi connectivity index (χ4v) is 1.67. The number of rotatable bonds is 4. The molecule has 0 heterocycles. The molecule has 0 spiro atoms. The second-order valence-electron chi connectivity index (χ2n) is 4.58. The predicted octanol–water partition coefficient (Wildman–Crippen LogP) is 2.96. The average Bonchev–Trinajstić information content (AvgIpc) is 2.56. The molecule has 12 heavy (non-hydrogen) atoms. The molecule has 1 unspecified atom stereocenters. The van der Waals surface area contributed by atoms with Crippen molar-refractivity contribution in [2.24, 2.45) is 11.3 Å². The summed E-state index contributed by atoms with van der Waals surface area (Å²) < 4.78 is 0. The first-order chi connectivity index (χ1) is 5.56. The maximum Gasteiger partial charge on any atom is 0.142 e. The minimum absolute atomic E-state index is 0.585. The lowest BCUT2D eigenvalue weighted by Crippen LogP contribution is -1.90. The Morgan fingerprint density at radius 1 is 1.58 bits per heavy atom. The van der Waals surface area contributed by atoms with E-state index in [1.807, 2.05) is 6.92 Å². The van der Waals surface area contributed by atoms with Gasteiger partial charge in [0.05, 0.1) is 0 Å². The number of carbonyl (C=O) groups excluding carboxylic acids is 1. The first kappa shape index (κ1) is 9.50. The molecule has 0 amide bonds. The van der Waals surface area contributed by atoms with E-state index in [0.717, 1.165) is 18.6 Å². The van der Waals surface area contributed by atoms with E-state index in [2.05, 4.69) is 13.8 Å². The quantitative estimate of drug-likeness (QED) is 0.463. The van der Waals surface area contributed by atoms with Gasteiger partial charge >= 0.3 is 0 Å². The van der Waals surface area contributed by atoms with E-state index in [4.69, 9.17) is 0 Å². The van der Waals surface area contributed by atoms with E-state index in [9.17, 15) is 4.79 Å². The monoisotopic (exact) mass is 166 g/mol. The van der Waals surface area contributed by atoms with Crippen LogP contribution in [0.3, 0.4) is 0 Å². The second-order valence-corrected chi connectivity index (χ2v) is 4.58. The highest BCUT2D eigenvalue weighted by atomic mass is 16.1. The Balaban J connectivity index is 2.19. The van der Waals surface area contributed by atoms with E-state index in [0.29, 0.717) is 5.41 Å². The van der Waals surface area contributed by atoms with Crippen LogP contribution in [-0.2, 0) is 4.79 Å². The SMILES string of the molecule is C/C(=C/C=O)CCC1CC1(C)C. The molecule has 0 N–H and O–H groups in total. The van der Waals surface area contributed by atoms with Crippen LogP contribution in [0.1, 0.15) is 40.0 Å². The molecule has 1 fully saturated rings. The minimum Gasteiger partial charge on any atom is -0.299 e. The lowest BCUT2D eigenvalue weighted by atomic mass is 10.0. The highest BCUT2D eigenvalue weighted by molar-refractivity contribution is 5.65. The van der Waals surface area contributed by atoms with Gasteiger partial charge in [0.25, 0.3) is 0 Å². The molecule has 1 heteroatoms. The van der Waals surface area contributed by atoms with Gasteiger partial charge in [-0.1, -0.05) is 19.4 Å². The predicted molar refractivity (Wildman–Crippen MR) is 50.9 cm³/mol. The lowest BCUT2D eigenvalue weighted by molar-refractivity contribution is -0.104. The minimum atomic E-state index is 0.585. The molecule has 0 aliphatic heterocycles. The van der Waals surface area contributed by atoms with Gasteiger partial charge in [-0.2, -0.15) is 0 Å². The van der Waals surface area contributed by atoms with Crippen LogP contribution in [-0.4, -0.2) is 6.29 Å². The highest BCUT2D eigenvalue weighted by Crippen LogP contribution is 2.54. The van der Waals surface area contributed by atoms with Crippen molar-refractivity contribution in [1.82, 2.24) is 0 Å². The van der Waals surface area contributed by atoms with Crippen molar-refractivity contribution in [2.75, 3.05) is 0 Å². The summed E-state index contributed by atoms with van der Waals surface area (Å²) >= 11 is 0. The molecular formula is C11H18O. The molecule has 1 aliphatic carbocycles. The lowest BCUT2D eigenvalue weighted by Gasteiger charge is -2.02. The third kappa shape index (κ3) is 2.47. The first-order valence-electron chi connectivity index (χ1n) is 4.67. The van der Waals surface area contributed by atoms with Gasteiger partial charge in [-0.05, 0) is 43.6 Å². The standard InChI is InChI=1S/C11H18O/c1-9(6-7-12)4-5-10-8-11(10,2)3/h6-7,10H,4-5,8H2,1-3H3/b9-6-. The van der Waals surface area contributed by atoms with Gasteiger partial charge in [0, 0.05) is 0 Å². The number of hydrogen-bond acceptors (Lipinski definition) is 1. The van der Waals surface area contributed by atoms with Gasteiger partial charge in [0.2, 0.25) is 0 Å². The summed E-state index contributed by atoms with van der Waals surface area (Å²) in [5.41, 5.74) is 1.80. The van der Waals surface area contributed by atoms with Crippen LogP contribution in [0.2, 0.25) is 0 Å². The fraction of sp³-hybridized carbons (Fsp3) is 0.727. The van der Waals surface area contributed by atoms with Gasteiger partial charge in [0.1, 0.15) is 6.29 Å². The van der Waals surface area contributed by atoms with E-state index in [1.54, 1.807) is 6.08 Å².